The molecule has 1 heterocycles. The van der Waals surface area contributed by atoms with Crippen LogP contribution in [0, 0.1) is 0 Å². The van der Waals surface area contributed by atoms with E-state index in [1.165, 1.54) is 6.07 Å². The SMILES string of the molecule is CCOC(=O)CC1Oc2cccc(O)c2O1. The molecule has 0 aliphatic carbocycles. The Morgan fingerprint density at radius 1 is 1.50 bits per heavy atom. The number of phenolic OH excluding ortho intramolecular Hbond substituents is 1. The number of fused-ring (bicyclic) bond motifs is 1. The fraction of sp³-hybridized carbons (Fsp3) is 0.364. The smallest absolute Gasteiger partial charge is 0.313 e. The van der Waals surface area contributed by atoms with E-state index in [4.69, 9.17) is 14.2 Å². The van der Waals surface area contributed by atoms with Gasteiger partial charge in [-0.1, -0.05) is 6.07 Å². The highest BCUT2D eigenvalue weighted by Gasteiger charge is 2.29. The van der Waals surface area contributed by atoms with Crippen LogP contribution in [0.5, 0.6) is 17.2 Å². The van der Waals surface area contributed by atoms with Gasteiger partial charge in [-0.25, -0.2) is 0 Å². The Balaban J connectivity index is 2.00. The average Bonchev–Trinajstić information content (AvgIpc) is 2.62. The molecule has 0 spiro atoms. The molecule has 0 amide bonds. The summed E-state index contributed by atoms with van der Waals surface area (Å²) in [5.41, 5.74) is 0. The van der Waals surface area contributed by atoms with Crippen LogP contribution < -0.4 is 9.47 Å². The predicted molar refractivity (Wildman–Crippen MR) is 54.4 cm³/mol. The van der Waals surface area contributed by atoms with Gasteiger partial charge in [0.25, 0.3) is 6.29 Å². The van der Waals surface area contributed by atoms with Gasteiger partial charge in [-0.05, 0) is 19.1 Å². The van der Waals surface area contributed by atoms with Gasteiger partial charge in [0.2, 0.25) is 5.75 Å². The fourth-order valence-corrected chi connectivity index (χ4v) is 1.45. The monoisotopic (exact) mass is 224 g/mol. The molecule has 0 aromatic heterocycles. The lowest BCUT2D eigenvalue weighted by Gasteiger charge is -2.08. The summed E-state index contributed by atoms with van der Waals surface area (Å²) in [6.07, 6.45) is -0.718. The van der Waals surface area contributed by atoms with E-state index in [1.807, 2.05) is 0 Å². The van der Waals surface area contributed by atoms with Crippen molar-refractivity contribution in [2.45, 2.75) is 19.6 Å². The minimum absolute atomic E-state index is 0.00194. The first kappa shape index (κ1) is 10.6. The van der Waals surface area contributed by atoms with Crippen LogP contribution >= 0.6 is 0 Å². The number of carbonyl (C=O) groups is 1. The zero-order valence-electron chi connectivity index (χ0n) is 8.80. The van der Waals surface area contributed by atoms with Gasteiger partial charge in [0, 0.05) is 0 Å². The number of carbonyl (C=O) groups excluding carboxylic acids is 1. The van der Waals surface area contributed by atoms with Gasteiger partial charge in [-0.3, -0.25) is 4.79 Å². The Morgan fingerprint density at radius 2 is 2.31 bits per heavy atom. The lowest BCUT2D eigenvalue weighted by Crippen LogP contribution is -2.23. The third-order valence-corrected chi connectivity index (χ3v) is 2.10. The van der Waals surface area contributed by atoms with Gasteiger partial charge >= 0.3 is 5.97 Å². The molecule has 0 bridgehead atoms. The second-order valence-electron chi connectivity index (χ2n) is 3.28. The van der Waals surface area contributed by atoms with Crippen molar-refractivity contribution < 1.29 is 24.1 Å². The maximum absolute atomic E-state index is 11.2. The summed E-state index contributed by atoms with van der Waals surface area (Å²) in [6, 6.07) is 4.80. The maximum Gasteiger partial charge on any atom is 0.313 e. The summed E-state index contributed by atoms with van der Waals surface area (Å²) in [5.74, 6) is 0.328. The second-order valence-corrected chi connectivity index (χ2v) is 3.28. The number of ether oxygens (including phenoxy) is 3. The number of esters is 1. The van der Waals surface area contributed by atoms with Gasteiger partial charge in [0.05, 0.1) is 6.61 Å². The van der Waals surface area contributed by atoms with Crippen molar-refractivity contribution in [1.82, 2.24) is 0 Å². The number of para-hydroxylation sites is 1. The average molecular weight is 224 g/mol. The highest BCUT2D eigenvalue weighted by Crippen LogP contribution is 2.42. The highest BCUT2D eigenvalue weighted by atomic mass is 16.7. The van der Waals surface area contributed by atoms with Crippen molar-refractivity contribution in [3.8, 4) is 17.2 Å². The molecule has 5 heteroatoms. The number of aromatic hydroxyl groups is 1. The molecule has 0 saturated carbocycles. The molecule has 1 N–H and O–H groups in total. The standard InChI is InChI=1S/C11H12O5/c1-2-14-9(13)6-10-15-8-5-3-4-7(12)11(8)16-10/h3-5,10,12H,2,6H2,1H3. The molecule has 86 valence electrons. The molecule has 1 aliphatic heterocycles. The Hall–Kier alpha value is -1.91. The predicted octanol–water partition coefficient (Wildman–Crippen LogP) is 1.44. The highest BCUT2D eigenvalue weighted by molar-refractivity contribution is 5.70. The fourth-order valence-electron chi connectivity index (χ4n) is 1.45. The van der Waals surface area contributed by atoms with Crippen molar-refractivity contribution in [2.75, 3.05) is 6.61 Å². The van der Waals surface area contributed by atoms with Crippen LogP contribution in [0.1, 0.15) is 13.3 Å². The minimum atomic E-state index is -0.720. The van der Waals surface area contributed by atoms with Crippen LogP contribution in [-0.2, 0) is 9.53 Å². The first-order valence-corrected chi connectivity index (χ1v) is 5.01. The van der Waals surface area contributed by atoms with E-state index in [-0.39, 0.29) is 23.9 Å². The summed E-state index contributed by atoms with van der Waals surface area (Å²) in [7, 11) is 0. The number of hydrogen-bond acceptors (Lipinski definition) is 5. The van der Waals surface area contributed by atoms with Crippen molar-refractivity contribution in [1.29, 1.82) is 0 Å². The summed E-state index contributed by atoms with van der Waals surface area (Å²) >= 11 is 0. The molecule has 5 nitrogen and oxygen atoms in total. The van der Waals surface area contributed by atoms with Gasteiger partial charge in [-0.2, -0.15) is 0 Å². The van der Waals surface area contributed by atoms with E-state index in [9.17, 15) is 9.90 Å². The molecule has 1 aromatic rings. The quantitative estimate of drug-likeness (QED) is 0.787. The van der Waals surface area contributed by atoms with Crippen LogP contribution in [0.4, 0.5) is 0 Å². The van der Waals surface area contributed by atoms with Crippen molar-refractivity contribution in [3.05, 3.63) is 18.2 Å². The zero-order valence-corrected chi connectivity index (χ0v) is 8.80. The molecular formula is C11H12O5. The molecule has 2 rings (SSSR count). The van der Waals surface area contributed by atoms with E-state index in [0.717, 1.165) is 0 Å². The minimum Gasteiger partial charge on any atom is -0.504 e. The Labute approximate surface area is 92.5 Å². The summed E-state index contributed by atoms with van der Waals surface area (Å²) in [5, 5.41) is 9.47. The third-order valence-electron chi connectivity index (χ3n) is 2.10. The Bertz CT molecular complexity index is 401. The molecule has 1 unspecified atom stereocenters. The van der Waals surface area contributed by atoms with Crippen molar-refractivity contribution in [3.63, 3.8) is 0 Å². The number of rotatable bonds is 3. The van der Waals surface area contributed by atoms with E-state index in [0.29, 0.717) is 12.4 Å². The Kier molecular flexibility index (Phi) is 2.85. The number of hydrogen-bond donors (Lipinski definition) is 1. The van der Waals surface area contributed by atoms with E-state index in [2.05, 4.69) is 0 Å². The van der Waals surface area contributed by atoms with Crippen LogP contribution in [0.25, 0.3) is 0 Å². The molecule has 0 radical (unpaired) electrons. The Morgan fingerprint density at radius 3 is 3.00 bits per heavy atom. The van der Waals surface area contributed by atoms with Crippen molar-refractivity contribution >= 4 is 5.97 Å². The maximum atomic E-state index is 11.2. The van der Waals surface area contributed by atoms with E-state index < -0.39 is 6.29 Å². The zero-order chi connectivity index (χ0) is 11.5. The lowest BCUT2D eigenvalue weighted by molar-refractivity contribution is -0.147. The van der Waals surface area contributed by atoms with Crippen molar-refractivity contribution in [2.24, 2.45) is 0 Å². The molecule has 16 heavy (non-hydrogen) atoms. The van der Waals surface area contributed by atoms with Crippen LogP contribution in [0.2, 0.25) is 0 Å². The molecule has 1 aliphatic rings. The first-order chi connectivity index (χ1) is 7.70. The third kappa shape index (κ3) is 2.03. The molecule has 0 fully saturated rings. The largest absolute Gasteiger partial charge is 0.504 e. The van der Waals surface area contributed by atoms with E-state index >= 15 is 0 Å². The molecular weight excluding hydrogens is 212 g/mol. The summed E-state index contributed by atoms with van der Waals surface area (Å²) in [6.45, 7) is 2.05. The van der Waals surface area contributed by atoms with Crippen LogP contribution in [0.15, 0.2) is 18.2 Å². The number of phenols is 1. The number of benzene rings is 1. The molecule has 1 aromatic carbocycles. The first-order valence-electron chi connectivity index (χ1n) is 5.01. The molecule has 1 atom stereocenters. The molecule has 0 saturated heterocycles. The van der Waals surface area contributed by atoms with Gasteiger partial charge in [0.15, 0.2) is 11.5 Å². The van der Waals surface area contributed by atoms with Gasteiger partial charge in [-0.15, -0.1) is 0 Å². The normalized spacial score (nSPS) is 17.2. The van der Waals surface area contributed by atoms with E-state index in [1.54, 1.807) is 19.1 Å². The van der Waals surface area contributed by atoms with Gasteiger partial charge < -0.3 is 19.3 Å². The summed E-state index contributed by atoms with van der Waals surface area (Å²) in [4.78, 5) is 11.2. The van der Waals surface area contributed by atoms with Crippen LogP contribution in [0.3, 0.4) is 0 Å². The topological polar surface area (TPSA) is 65.0 Å². The lowest BCUT2D eigenvalue weighted by atomic mass is 10.3. The van der Waals surface area contributed by atoms with Crippen LogP contribution in [-0.4, -0.2) is 24.0 Å². The summed E-state index contributed by atoms with van der Waals surface area (Å²) < 4.78 is 15.4. The van der Waals surface area contributed by atoms with Gasteiger partial charge in [0.1, 0.15) is 6.42 Å². The second kappa shape index (κ2) is 4.30.